The van der Waals surface area contributed by atoms with Crippen LogP contribution in [0.4, 0.5) is 0 Å². The fourth-order valence-corrected chi connectivity index (χ4v) is 3.91. The molecule has 0 bridgehead atoms. The number of hydrogen-bond acceptors (Lipinski definition) is 5. The molecule has 1 heterocycles. The molecule has 0 radical (unpaired) electrons. The van der Waals surface area contributed by atoms with Gasteiger partial charge in [0, 0.05) is 10.0 Å². The number of hydrogen-bond donors (Lipinski definition) is 1. The molecule has 0 aliphatic carbocycles. The topological polar surface area (TPSA) is 81.7 Å². The Kier molecular flexibility index (Phi) is 3.79. The van der Waals surface area contributed by atoms with Gasteiger partial charge in [-0.15, -0.1) is 0 Å². The molecule has 6 nitrogen and oxygen atoms in total. The first kappa shape index (κ1) is 14.9. The van der Waals surface area contributed by atoms with E-state index in [1.165, 1.54) is 18.2 Å². The first-order valence-electron chi connectivity index (χ1n) is 6.19. The first-order chi connectivity index (χ1) is 10.5. The molecular weight excluding hydrogens is 374 g/mol. The quantitative estimate of drug-likeness (QED) is 0.878. The summed E-state index contributed by atoms with van der Waals surface area (Å²) >= 11 is 3.15. The van der Waals surface area contributed by atoms with Gasteiger partial charge in [0.25, 0.3) is 15.9 Å². The Morgan fingerprint density at radius 3 is 2.59 bits per heavy atom. The van der Waals surface area contributed by atoms with Crippen LogP contribution in [0.2, 0.25) is 0 Å². The van der Waals surface area contributed by atoms with Crippen LogP contribution in [0.1, 0.15) is 10.4 Å². The van der Waals surface area contributed by atoms with Crippen molar-refractivity contribution >= 4 is 31.9 Å². The number of rotatable bonds is 3. The Hall–Kier alpha value is -2.06. The molecule has 3 rings (SSSR count). The summed E-state index contributed by atoms with van der Waals surface area (Å²) in [5, 5.41) is 0. The molecule has 2 aromatic rings. The number of carbonyl (C=O) groups excluding carboxylic acids is 1. The second kappa shape index (κ2) is 5.62. The van der Waals surface area contributed by atoms with Gasteiger partial charge < -0.3 is 9.47 Å². The molecule has 8 heteroatoms. The van der Waals surface area contributed by atoms with Crippen molar-refractivity contribution in [3.63, 3.8) is 0 Å². The van der Waals surface area contributed by atoms with Gasteiger partial charge in [-0.25, -0.2) is 13.1 Å². The summed E-state index contributed by atoms with van der Waals surface area (Å²) in [5.41, 5.74) is 0.167. The van der Waals surface area contributed by atoms with E-state index in [4.69, 9.17) is 9.47 Å². The van der Waals surface area contributed by atoms with E-state index in [2.05, 4.69) is 15.9 Å². The zero-order chi connectivity index (χ0) is 15.7. The average molecular weight is 384 g/mol. The van der Waals surface area contributed by atoms with Crippen LogP contribution in [0.25, 0.3) is 0 Å². The third-order valence-corrected chi connectivity index (χ3v) is 5.33. The summed E-state index contributed by atoms with van der Waals surface area (Å²) in [6, 6.07) is 10.7. The molecule has 2 aromatic carbocycles. The molecular formula is C14H10BrNO5S. The monoisotopic (exact) mass is 383 g/mol. The number of carbonyl (C=O) groups is 1. The van der Waals surface area contributed by atoms with E-state index in [0.29, 0.717) is 16.0 Å². The molecule has 0 unspecified atom stereocenters. The number of sulfonamides is 1. The van der Waals surface area contributed by atoms with Crippen LogP contribution in [-0.4, -0.2) is 21.1 Å². The van der Waals surface area contributed by atoms with Crippen LogP contribution >= 0.6 is 15.9 Å². The highest BCUT2D eigenvalue weighted by atomic mass is 79.9. The maximum absolute atomic E-state index is 12.3. The minimum absolute atomic E-state index is 0.0101. The van der Waals surface area contributed by atoms with Crippen LogP contribution in [-0.2, 0) is 10.0 Å². The summed E-state index contributed by atoms with van der Waals surface area (Å²) in [7, 11) is -3.97. The van der Waals surface area contributed by atoms with Crippen LogP contribution in [0.15, 0.2) is 51.8 Å². The summed E-state index contributed by atoms with van der Waals surface area (Å²) in [6.07, 6.45) is 0. The maximum atomic E-state index is 12.3. The Morgan fingerprint density at radius 2 is 1.82 bits per heavy atom. The van der Waals surface area contributed by atoms with E-state index in [1.54, 1.807) is 24.3 Å². The molecule has 1 aliphatic heterocycles. The summed E-state index contributed by atoms with van der Waals surface area (Å²) in [4.78, 5) is 12.1. The van der Waals surface area contributed by atoms with Crippen molar-refractivity contribution in [3.05, 3.63) is 52.5 Å². The van der Waals surface area contributed by atoms with E-state index in [1.807, 2.05) is 4.72 Å². The lowest BCUT2D eigenvalue weighted by Gasteiger charge is -2.08. The molecule has 0 atom stereocenters. The molecule has 0 saturated heterocycles. The van der Waals surface area contributed by atoms with E-state index in [-0.39, 0.29) is 17.3 Å². The highest BCUT2D eigenvalue weighted by Crippen LogP contribution is 2.32. The van der Waals surface area contributed by atoms with Crippen LogP contribution < -0.4 is 14.2 Å². The number of fused-ring (bicyclic) bond motifs is 1. The third kappa shape index (κ3) is 2.79. The number of ether oxygens (including phenoxy) is 2. The van der Waals surface area contributed by atoms with Gasteiger partial charge in [-0.3, -0.25) is 4.79 Å². The molecule has 114 valence electrons. The Labute approximate surface area is 135 Å². The Morgan fingerprint density at radius 1 is 1.09 bits per heavy atom. The molecule has 22 heavy (non-hydrogen) atoms. The number of halogens is 1. The maximum Gasteiger partial charge on any atom is 0.265 e. The highest BCUT2D eigenvalue weighted by molar-refractivity contribution is 9.10. The number of benzene rings is 2. The fourth-order valence-electron chi connectivity index (χ4n) is 1.94. The molecule has 1 aliphatic rings. The third-order valence-electron chi connectivity index (χ3n) is 2.99. The number of nitrogens with one attached hydrogen (secondary N) is 1. The predicted octanol–water partition coefficient (Wildman–Crippen LogP) is 2.30. The van der Waals surface area contributed by atoms with Crippen LogP contribution in [0.3, 0.4) is 0 Å². The predicted molar refractivity (Wildman–Crippen MR) is 81.4 cm³/mol. The van der Waals surface area contributed by atoms with Crippen molar-refractivity contribution < 1.29 is 22.7 Å². The largest absolute Gasteiger partial charge is 0.454 e. The lowest BCUT2D eigenvalue weighted by Crippen LogP contribution is -2.30. The summed E-state index contributed by atoms with van der Waals surface area (Å²) in [6.45, 7) is 0.0790. The van der Waals surface area contributed by atoms with E-state index >= 15 is 0 Å². The second-order valence-corrected chi connectivity index (χ2v) is 6.94. The summed E-state index contributed by atoms with van der Waals surface area (Å²) in [5.74, 6) is 0.185. The highest BCUT2D eigenvalue weighted by Gasteiger charge is 2.22. The van der Waals surface area contributed by atoms with Gasteiger partial charge in [0.15, 0.2) is 11.5 Å². The molecule has 1 N–H and O–H groups in total. The lowest BCUT2D eigenvalue weighted by molar-refractivity contribution is 0.0981. The van der Waals surface area contributed by atoms with Gasteiger partial charge in [0.1, 0.15) is 4.90 Å². The summed E-state index contributed by atoms with van der Waals surface area (Å²) < 4.78 is 37.2. The molecule has 0 aromatic heterocycles. The van der Waals surface area contributed by atoms with Crippen molar-refractivity contribution in [2.45, 2.75) is 4.90 Å². The van der Waals surface area contributed by atoms with E-state index < -0.39 is 15.9 Å². The van der Waals surface area contributed by atoms with Gasteiger partial charge in [-0.1, -0.05) is 12.1 Å². The second-order valence-electron chi connectivity index (χ2n) is 4.43. The minimum atomic E-state index is -3.97. The fraction of sp³-hybridized carbons (Fsp3) is 0.0714. The van der Waals surface area contributed by atoms with E-state index in [9.17, 15) is 13.2 Å². The normalized spacial score (nSPS) is 13.0. The van der Waals surface area contributed by atoms with Crippen LogP contribution in [0.5, 0.6) is 11.5 Å². The van der Waals surface area contributed by atoms with Crippen LogP contribution in [0, 0.1) is 0 Å². The Bertz CT molecular complexity index is 850. The van der Waals surface area contributed by atoms with Crippen molar-refractivity contribution in [1.29, 1.82) is 0 Å². The minimum Gasteiger partial charge on any atom is -0.454 e. The smallest absolute Gasteiger partial charge is 0.265 e. The standard InChI is InChI=1S/C14H10BrNO5S/c15-10-3-1-2-4-13(10)22(18,19)16-14(17)9-5-6-11-12(7-9)21-8-20-11/h1-7H,8H2,(H,16,17). The molecule has 0 fully saturated rings. The van der Waals surface area contributed by atoms with Gasteiger partial charge in [0.05, 0.1) is 0 Å². The average Bonchev–Trinajstić information content (AvgIpc) is 2.94. The lowest BCUT2D eigenvalue weighted by atomic mass is 10.2. The SMILES string of the molecule is O=C(NS(=O)(=O)c1ccccc1Br)c1ccc2c(c1)OCO2. The van der Waals surface area contributed by atoms with Crippen molar-refractivity contribution in [2.24, 2.45) is 0 Å². The van der Waals surface area contributed by atoms with Gasteiger partial charge in [0.2, 0.25) is 6.79 Å². The molecule has 0 saturated carbocycles. The van der Waals surface area contributed by atoms with Gasteiger partial charge in [-0.05, 0) is 46.3 Å². The molecule has 0 spiro atoms. The van der Waals surface area contributed by atoms with Crippen molar-refractivity contribution in [1.82, 2.24) is 4.72 Å². The van der Waals surface area contributed by atoms with Crippen molar-refractivity contribution in [3.8, 4) is 11.5 Å². The van der Waals surface area contributed by atoms with Gasteiger partial charge >= 0.3 is 0 Å². The zero-order valence-corrected chi connectivity index (χ0v) is 13.5. The molecule has 1 amide bonds. The Balaban J connectivity index is 1.86. The van der Waals surface area contributed by atoms with Gasteiger partial charge in [-0.2, -0.15) is 0 Å². The first-order valence-corrected chi connectivity index (χ1v) is 8.46. The van der Waals surface area contributed by atoms with E-state index in [0.717, 1.165) is 0 Å². The zero-order valence-electron chi connectivity index (χ0n) is 11.1. The number of amides is 1. The van der Waals surface area contributed by atoms with Crippen molar-refractivity contribution in [2.75, 3.05) is 6.79 Å².